The molecule has 0 aliphatic heterocycles. The SMILES string of the molecule is [C+]1=CC=C(c2cn3ccccc3n2)C=C1. The number of rotatable bonds is 1. The second kappa shape index (κ2) is 3.19. The van der Waals surface area contributed by atoms with E-state index < -0.39 is 0 Å². The molecule has 0 radical (unpaired) electrons. The van der Waals surface area contributed by atoms with Gasteiger partial charge < -0.3 is 4.40 Å². The van der Waals surface area contributed by atoms with E-state index in [2.05, 4.69) is 11.1 Å². The zero-order valence-corrected chi connectivity index (χ0v) is 8.09. The smallest absolute Gasteiger partial charge is 0.137 e. The summed E-state index contributed by atoms with van der Waals surface area (Å²) in [5.41, 5.74) is 3.09. The van der Waals surface area contributed by atoms with Crippen LogP contribution in [0, 0.1) is 6.08 Å². The number of fused-ring (bicyclic) bond motifs is 1. The molecule has 2 aromatic rings. The number of hydrogen-bond donors (Lipinski definition) is 0. The fourth-order valence-electron chi connectivity index (χ4n) is 1.63. The zero-order valence-electron chi connectivity index (χ0n) is 8.09. The summed E-state index contributed by atoms with van der Waals surface area (Å²) < 4.78 is 2.02. The largest absolute Gasteiger partial charge is 0.306 e. The fourth-order valence-corrected chi connectivity index (χ4v) is 1.63. The molecular weight excluding hydrogens is 184 g/mol. The first-order valence-electron chi connectivity index (χ1n) is 4.84. The molecule has 1 aliphatic carbocycles. The molecule has 15 heavy (non-hydrogen) atoms. The lowest BCUT2D eigenvalue weighted by atomic mass is 10.1. The van der Waals surface area contributed by atoms with Gasteiger partial charge in [0.1, 0.15) is 29.1 Å². The van der Waals surface area contributed by atoms with Crippen molar-refractivity contribution in [3.8, 4) is 0 Å². The Morgan fingerprint density at radius 3 is 3.07 bits per heavy atom. The molecule has 3 rings (SSSR count). The van der Waals surface area contributed by atoms with Crippen molar-refractivity contribution in [1.82, 2.24) is 9.38 Å². The topological polar surface area (TPSA) is 17.3 Å². The van der Waals surface area contributed by atoms with Crippen LogP contribution in [-0.2, 0) is 0 Å². The Morgan fingerprint density at radius 2 is 2.27 bits per heavy atom. The molecule has 2 heterocycles. The van der Waals surface area contributed by atoms with Gasteiger partial charge in [-0.25, -0.2) is 4.98 Å². The molecule has 1 aliphatic rings. The molecule has 0 saturated carbocycles. The van der Waals surface area contributed by atoms with Crippen molar-refractivity contribution >= 4 is 11.2 Å². The van der Waals surface area contributed by atoms with Crippen molar-refractivity contribution in [2.75, 3.05) is 0 Å². The third-order valence-electron chi connectivity index (χ3n) is 2.38. The van der Waals surface area contributed by atoms with E-state index in [0.29, 0.717) is 0 Å². The third-order valence-corrected chi connectivity index (χ3v) is 2.38. The van der Waals surface area contributed by atoms with Crippen LogP contribution in [0.25, 0.3) is 11.2 Å². The lowest BCUT2D eigenvalue weighted by Gasteiger charge is -1.88. The summed E-state index contributed by atoms with van der Waals surface area (Å²) in [7, 11) is 0. The monoisotopic (exact) mass is 193 g/mol. The standard InChI is InChI=1S/C13H9N2/c1-2-6-11(7-3-1)12-10-15-9-5-4-8-13(15)14-12/h2-10H/q+1. The van der Waals surface area contributed by atoms with E-state index in [1.165, 1.54) is 0 Å². The molecule has 70 valence electrons. The van der Waals surface area contributed by atoms with Gasteiger partial charge in [0, 0.05) is 18.5 Å². The molecule has 0 atom stereocenters. The van der Waals surface area contributed by atoms with Gasteiger partial charge in [0.2, 0.25) is 0 Å². The molecule has 2 aromatic heterocycles. The maximum absolute atomic E-state index is 4.53. The number of aromatic nitrogens is 2. The van der Waals surface area contributed by atoms with Gasteiger partial charge in [0.15, 0.2) is 0 Å². The Labute approximate surface area is 87.9 Å². The molecule has 0 amide bonds. The first-order valence-corrected chi connectivity index (χ1v) is 4.84. The van der Waals surface area contributed by atoms with Crippen LogP contribution >= 0.6 is 0 Å². The quantitative estimate of drug-likeness (QED) is 0.636. The van der Waals surface area contributed by atoms with Gasteiger partial charge in [0.05, 0.1) is 12.2 Å². The Morgan fingerprint density at radius 1 is 1.27 bits per heavy atom. The molecule has 0 unspecified atom stereocenters. The van der Waals surface area contributed by atoms with E-state index in [1.54, 1.807) is 0 Å². The van der Waals surface area contributed by atoms with Crippen LogP contribution in [0.1, 0.15) is 5.69 Å². The van der Waals surface area contributed by atoms with Crippen molar-refractivity contribution in [2.45, 2.75) is 0 Å². The maximum atomic E-state index is 4.53. The van der Waals surface area contributed by atoms with Crippen LogP contribution in [0.3, 0.4) is 0 Å². The average Bonchev–Trinajstić information content (AvgIpc) is 2.74. The van der Waals surface area contributed by atoms with Crippen LogP contribution in [0.5, 0.6) is 0 Å². The summed E-state index contributed by atoms with van der Waals surface area (Å²) in [6.45, 7) is 0. The Hall–Kier alpha value is -2.18. The summed E-state index contributed by atoms with van der Waals surface area (Å²) in [6.07, 6.45) is 14.9. The van der Waals surface area contributed by atoms with Crippen molar-refractivity contribution in [1.29, 1.82) is 0 Å². The van der Waals surface area contributed by atoms with Crippen LogP contribution in [-0.4, -0.2) is 9.38 Å². The highest BCUT2D eigenvalue weighted by atomic mass is 15.0. The molecule has 0 bridgehead atoms. The molecule has 0 saturated heterocycles. The summed E-state index contributed by atoms with van der Waals surface area (Å²) in [5, 5.41) is 0. The number of nitrogens with zero attached hydrogens (tertiary/aromatic N) is 2. The van der Waals surface area contributed by atoms with Crippen LogP contribution in [0.2, 0.25) is 0 Å². The highest BCUT2D eigenvalue weighted by Crippen LogP contribution is 2.17. The minimum absolute atomic E-state index is 0.973. The van der Waals surface area contributed by atoms with E-state index in [4.69, 9.17) is 0 Å². The van der Waals surface area contributed by atoms with Crippen LogP contribution in [0.15, 0.2) is 54.9 Å². The maximum Gasteiger partial charge on any atom is 0.137 e. The Balaban J connectivity index is 2.16. The van der Waals surface area contributed by atoms with Gasteiger partial charge in [-0.3, -0.25) is 0 Å². The van der Waals surface area contributed by atoms with E-state index in [9.17, 15) is 0 Å². The first kappa shape index (κ1) is 8.16. The molecule has 0 aromatic carbocycles. The van der Waals surface area contributed by atoms with Gasteiger partial charge in [-0.05, 0) is 12.1 Å². The summed E-state index contributed by atoms with van der Waals surface area (Å²) in [5.74, 6) is 0. The summed E-state index contributed by atoms with van der Waals surface area (Å²) in [4.78, 5) is 4.53. The normalized spacial score (nSPS) is 14.0. The molecule has 0 spiro atoms. The second-order valence-electron chi connectivity index (χ2n) is 3.38. The number of hydrogen-bond acceptors (Lipinski definition) is 1. The highest BCUT2D eigenvalue weighted by Gasteiger charge is 2.09. The number of allylic oxidation sites excluding steroid dienone is 6. The minimum atomic E-state index is 0.973. The molecule has 2 heteroatoms. The van der Waals surface area contributed by atoms with Gasteiger partial charge >= 0.3 is 0 Å². The summed E-state index contributed by atoms with van der Waals surface area (Å²) >= 11 is 0. The van der Waals surface area contributed by atoms with Gasteiger partial charge in [0.25, 0.3) is 0 Å². The predicted octanol–water partition coefficient (Wildman–Crippen LogP) is 2.65. The number of imidazole rings is 1. The van der Waals surface area contributed by atoms with E-state index in [0.717, 1.165) is 16.9 Å². The van der Waals surface area contributed by atoms with Crippen LogP contribution in [0.4, 0.5) is 0 Å². The summed E-state index contributed by atoms with van der Waals surface area (Å²) in [6, 6.07) is 5.99. The fraction of sp³-hybridized carbons (Fsp3) is 0. The van der Waals surface area contributed by atoms with Crippen molar-refractivity contribution in [3.63, 3.8) is 0 Å². The molecule has 2 nitrogen and oxygen atoms in total. The zero-order chi connectivity index (χ0) is 10.1. The van der Waals surface area contributed by atoms with Gasteiger partial charge in [-0.2, -0.15) is 0 Å². The predicted molar refractivity (Wildman–Crippen MR) is 60.1 cm³/mol. The molecular formula is C13H9N2+. The van der Waals surface area contributed by atoms with Crippen LogP contribution < -0.4 is 0 Å². The lowest BCUT2D eigenvalue weighted by molar-refractivity contribution is 1.19. The lowest BCUT2D eigenvalue weighted by Crippen LogP contribution is -1.81. The van der Waals surface area contributed by atoms with E-state index in [-0.39, 0.29) is 0 Å². The van der Waals surface area contributed by atoms with E-state index in [1.807, 2.05) is 59.3 Å². The van der Waals surface area contributed by atoms with E-state index >= 15 is 0 Å². The first-order chi connectivity index (χ1) is 7.43. The van der Waals surface area contributed by atoms with Crippen molar-refractivity contribution < 1.29 is 0 Å². The van der Waals surface area contributed by atoms with Crippen molar-refractivity contribution in [2.24, 2.45) is 0 Å². The van der Waals surface area contributed by atoms with Gasteiger partial charge in [-0.1, -0.05) is 6.07 Å². The molecule has 0 N–H and O–H groups in total. The Kier molecular flexibility index (Phi) is 1.74. The molecule has 0 fully saturated rings. The average molecular weight is 193 g/mol. The van der Waals surface area contributed by atoms with Gasteiger partial charge in [-0.15, -0.1) is 0 Å². The second-order valence-corrected chi connectivity index (χ2v) is 3.38. The highest BCUT2D eigenvalue weighted by molar-refractivity contribution is 5.75. The Bertz CT molecular complexity index is 552. The minimum Gasteiger partial charge on any atom is -0.306 e. The van der Waals surface area contributed by atoms with Crippen molar-refractivity contribution in [3.05, 3.63) is 66.7 Å². The number of pyridine rings is 1. The third kappa shape index (κ3) is 1.37.